The number of fused-ring (bicyclic) bond motifs is 1. The van der Waals surface area contributed by atoms with Gasteiger partial charge in [-0.15, -0.1) is 0 Å². The molecule has 0 amide bonds. The molecule has 0 aromatic heterocycles. The van der Waals surface area contributed by atoms with Gasteiger partial charge in [0, 0.05) is 0 Å². The zero-order valence-corrected chi connectivity index (χ0v) is 8.60. The van der Waals surface area contributed by atoms with Crippen LogP contribution in [-0.4, -0.2) is 39.9 Å². The van der Waals surface area contributed by atoms with Crippen LogP contribution in [0.4, 0.5) is 0 Å². The SMILES string of the molecule is CC1(C)O[C@H]2[C@H](O)C=C[C@](C)(O)[C@H]2O1. The summed E-state index contributed by atoms with van der Waals surface area (Å²) in [5.74, 6) is -0.744. The van der Waals surface area contributed by atoms with Crippen molar-refractivity contribution >= 4 is 0 Å². The average molecular weight is 200 g/mol. The van der Waals surface area contributed by atoms with Crippen LogP contribution in [0.5, 0.6) is 0 Å². The molecule has 1 heterocycles. The highest BCUT2D eigenvalue weighted by Crippen LogP contribution is 2.38. The van der Waals surface area contributed by atoms with Crippen molar-refractivity contribution in [1.82, 2.24) is 0 Å². The minimum atomic E-state index is -1.07. The van der Waals surface area contributed by atoms with E-state index < -0.39 is 29.7 Å². The molecular formula is C10H16O4. The van der Waals surface area contributed by atoms with Crippen molar-refractivity contribution in [3.8, 4) is 0 Å². The normalized spacial score (nSPS) is 50.5. The largest absolute Gasteiger partial charge is 0.386 e. The van der Waals surface area contributed by atoms with Crippen molar-refractivity contribution in [3.63, 3.8) is 0 Å². The minimum Gasteiger partial charge on any atom is -0.386 e. The molecule has 0 saturated carbocycles. The summed E-state index contributed by atoms with van der Waals surface area (Å²) < 4.78 is 11.1. The highest BCUT2D eigenvalue weighted by atomic mass is 16.8. The van der Waals surface area contributed by atoms with Gasteiger partial charge in [0.2, 0.25) is 0 Å². The molecule has 0 aromatic carbocycles. The van der Waals surface area contributed by atoms with Gasteiger partial charge < -0.3 is 19.7 Å². The van der Waals surface area contributed by atoms with Crippen molar-refractivity contribution in [1.29, 1.82) is 0 Å². The van der Waals surface area contributed by atoms with E-state index in [0.29, 0.717) is 0 Å². The van der Waals surface area contributed by atoms with Crippen LogP contribution in [0.3, 0.4) is 0 Å². The molecule has 14 heavy (non-hydrogen) atoms. The molecule has 0 radical (unpaired) electrons. The molecule has 0 aromatic rings. The Kier molecular flexibility index (Phi) is 2.02. The number of hydrogen-bond acceptors (Lipinski definition) is 4. The first-order valence-corrected chi connectivity index (χ1v) is 4.77. The van der Waals surface area contributed by atoms with Crippen LogP contribution in [0.25, 0.3) is 0 Å². The molecule has 1 fully saturated rings. The van der Waals surface area contributed by atoms with Crippen molar-refractivity contribution in [2.24, 2.45) is 0 Å². The highest BCUT2D eigenvalue weighted by Gasteiger charge is 2.53. The van der Waals surface area contributed by atoms with Gasteiger partial charge in [-0.25, -0.2) is 0 Å². The van der Waals surface area contributed by atoms with Crippen molar-refractivity contribution < 1.29 is 19.7 Å². The summed E-state index contributed by atoms with van der Waals surface area (Å²) in [6.45, 7) is 5.19. The van der Waals surface area contributed by atoms with Gasteiger partial charge >= 0.3 is 0 Å². The van der Waals surface area contributed by atoms with E-state index in [1.807, 2.05) is 0 Å². The van der Waals surface area contributed by atoms with Gasteiger partial charge in [0.25, 0.3) is 0 Å². The third-order valence-electron chi connectivity index (χ3n) is 2.67. The Balaban J connectivity index is 2.30. The van der Waals surface area contributed by atoms with Gasteiger partial charge in [-0.2, -0.15) is 0 Å². The molecule has 4 nitrogen and oxygen atoms in total. The summed E-state index contributed by atoms with van der Waals surface area (Å²) in [6.07, 6.45) is 1.42. The summed E-state index contributed by atoms with van der Waals surface area (Å²) in [4.78, 5) is 0. The van der Waals surface area contributed by atoms with E-state index in [2.05, 4.69) is 0 Å². The molecule has 1 aliphatic heterocycles. The Labute approximate surface area is 83.1 Å². The maximum absolute atomic E-state index is 9.99. The molecule has 0 spiro atoms. The van der Waals surface area contributed by atoms with Crippen molar-refractivity contribution in [2.45, 2.75) is 50.5 Å². The summed E-state index contributed by atoms with van der Waals surface area (Å²) in [7, 11) is 0. The summed E-state index contributed by atoms with van der Waals surface area (Å²) >= 11 is 0. The number of hydrogen-bond donors (Lipinski definition) is 2. The second-order valence-electron chi connectivity index (χ2n) is 4.60. The Morgan fingerprint density at radius 2 is 1.86 bits per heavy atom. The highest BCUT2D eigenvalue weighted by molar-refractivity contribution is 5.17. The Morgan fingerprint density at radius 1 is 1.21 bits per heavy atom. The lowest BCUT2D eigenvalue weighted by atomic mass is 9.86. The van der Waals surface area contributed by atoms with E-state index >= 15 is 0 Å². The fraction of sp³-hybridized carbons (Fsp3) is 0.800. The van der Waals surface area contributed by atoms with E-state index in [0.717, 1.165) is 0 Å². The van der Waals surface area contributed by atoms with Gasteiger partial charge in [0.15, 0.2) is 5.79 Å². The average Bonchev–Trinajstić information content (AvgIpc) is 2.36. The molecule has 1 saturated heterocycles. The van der Waals surface area contributed by atoms with Crippen LogP contribution >= 0.6 is 0 Å². The molecule has 80 valence electrons. The summed E-state index contributed by atoms with van der Waals surface area (Å²) in [6, 6.07) is 0. The van der Waals surface area contributed by atoms with Gasteiger partial charge in [-0.3, -0.25) is 0 Å². The number of ether oxygens (including phenoxy) is 2. The topological polar surface area (TPSA) is 58.9 Å². The van der Waals surface area contributed by atoms with Crippen LogP contribution < -0.4 is 0 Å². The zero-order chi connectivity index (χ0) is 10.6. The summed E-state index contributed by atoms with van der Waals surface area (Å²) in [5.41, 5.74) is -1.07. The fourth-order valence-electron chi connectivity index (χ4n) is 1.99. The molecule has 2 N–H and O–H groups in total. The molecule has 1 aliphatic carbocycles. The number of rotatable bonds is 0. The van der Waals surface area contributed by atoms with Crippen molar-refractivity contribution in [3.05, 3.63) is 12.2 Å². The van der Waals surface area contributed by atoms with Gasteiger partial charge in [-0.1, -0.05) is 12.2 Å². The zero-order valence-electron chi connectivity index (χ0n) is 8.60. The molecule has 2 aliphatic rings. The second kappa shape index (κ2) is 2.79. The summed E-state index contributed by atoms with van der Waals surface area (Å²) in [5, 5.41) is 19.6. The van der Waals surface area contributed by atoms with E-state index in [4.69, 9.17) is 9.47 Å². The van der Waals surface area contributed by atoms with Crippen LogP contribution in [0.2, 0.25) is 0 Å². The van der Waals surface area contributed by atoms with Gasteiger partial charge in [0.05, 0.1) is 0 Å². The Morgan fingerprint density at radius 3 is 2.43 bits per heavy atom. The van der Waals surface area contributed by atoms with E-state index in [1.165, 1.54) is 0 Å². The first-order valence-electron chi connectivity index (χ1n) is 4.77. The van der Waals surface area contributed by atoms with Crippen LogP contribution in [-0.2, 0) is 9.47 Å². The van der Waals surface area contributed by atoms with E-state index in [-0.39, 0.29) is 0 Å². The van der Waals surface area contributed by atoms with Crippen LogP contribution in [0, 0.1) is 0 Å². The lowest BCUT2D eigenvalue weighted by molar-refractivity contribution is -0.162. The maximum atomic E-state index is 9.99. The third-order valence-corrected chi connectivity index (χ3v) is 2.67. The predicted octanol–water partition coefficient (Wildman–Crippen LogP) is 0.188. The van der Waals surface area contributed by atoms with Crippen molar-refractivity contribution in [2.75, 3.05) is 0 Å². The molecule has 0 bridgehead atoms. The second-order valence-corrected chi connectivity index (χ2v) is 4.60. The molecule has 4 atom stereocenters. The Bertz CT molecular complexity index is 269. The fourth-order valence-corrected chi connectivity index (χ4v) is 1.99. The quantitative estimate of drug-likeness (QED) is 0.548. The molecule has 2 rings (SSSR count). The maximum Gasteiger partial charge on any atom is 0.164 e. The molecular weight excluding hydrogens is 184 g/mol. The van der Waals surface area contributed by atoms with Crippen LogP contribution in [0.15, 0.2) is 12.2 Å². The van der Waals surface area contributed by atoms with E-state index in [1.54, 1.807) is 32.9 Å². The van der Waals surface area contributed by atoms with E-state index in [9.17, 15) is 10.2 Å². The number of aliphatic hydroxyl groups is 2. The standard InChI is InChI=1S/C10H16O4/c1-9(2)13-7-6(11)4-5-10(3,12)8(7)14-9/h4-8,11-12H,1-3H3/t6-,7+,8+,10+/m1/s1. The van der Waals surface area contributed by atoms with Crippen LogP contribution in [0.1, 0.15) is 20.8 Å². The van der Waals surface area contributed by atoms with Gasteiger partial charge in [-0.05, 0) is 20.8 Å². The first-order chi connectivity index (χ1) is 6.32. The minimum absolute atomic E-state index is 0.481. The third kappa shape index (κ3) is 1.48. The predicted molar refractivity (Wildman–Crippen MR) is 49.6 cm³/mol. The smallest absolute Gasteiger partial charge is 0.164 e. The Hall–Kier alpha value is -0.420. The monoisotopic (exact) mass is 200 g/mol. The number of aliphatic hydroxyl groups excluding tert-OH is 1. The first kappa shape index (κ1) is 10.1. The lowest BCUT2D eigenvalue weighted by Gasteiger charge is -2.34. The van der Waals surface area contributed by atoms with Gasteiger partial charge in [0.1, 0.15) is 23.9 Å². The molecule has 0 unspecified atom stereocenters. The molecule has 4 heteroatoms. The lowest BCUT2D eigenvalue weighted by Crippen LogP contribution is -2.51.